The van der Waals surface area contributed by atoms with Gasteiger partial charge in [0.05, 0.1) is 12.3 Å². The third-order valence-corrected chi connectivity index (χ3v) is 3.90. The van der Waals surface area contributed by atoms with E-state index in [0.717, 1.165) is 39.2 Å². The Morgan fingerprint density at radius 3 is 2.95 bits per heavy atom. The van der Waals surface area contributed by atoms with Gasteiger partial charge in [0.15, 0.2) is 0 Å². The van der Waals surface area contributed by atoms with E-state index in [2.05, 4.69) is 10.3 Å². The normalized spacial score (nSPS) is 12.7. The number of halogens is 1. The number of anilines is 1. The van der Waals surface area contributed by atoms with E-state index >= 15 is 0 Å². The SMILES string of the molecule is CCOc1ccc2c(c1)NCc1c-2[nH]c2ccc(F)cc12. The molecule has 0 saturated heterocycles. The first kappa shape index (κ1) is 12.3. The van der Waals surface area contributed by atoms with Crippen LogP contribution in [0.25, 0.3) is 22.2 Å². The van der Waals surface area contributed by atoms with Crippen LogP contribution in [0.15, 0.2) is 36.4 Å². The molecule has 0 fully saturated rings. The molecule has 0 atom stereocenters. The number of H-pyrrole nitrogens is 1. The Labute approximate surface area is 121 Å². The average molecular weight is 282 g/mol. The molecule has 0 unspecified atom stereocenters. The number of aromatic nitrogens is 1. The zero-order chi connectivity index (χ0) is 14.4. The van der Waals surface area contributed by atoms with Crippen molar-refractivity contribution in [1.82, 2.24) is 4.98 Å². The highest BCUT2D eigenvalue weighted by Crippen LogP contribution is 2.40. The van der Waals surface area contributed by atoms with Crippen LogP contribution in [-0.2, 0) is 6.54 Å². The molecule has 0 bridgehead atoms. The summed E-state index contributed by atoms with van der Waals surface area (Å²) in [4.78, 5) is 3.40. The quantitative estimate of drug-likeness (QED) is 0.735. The number of aromatic amines is 1. The number of benzene rings is 2. The molecule has 1 aliphatic heterocycles. The Balaban J connectivity index is 1.90. The molecule has 0 spiro atoms. The highest BCUT2D eigenvalue weighted by molar-refractivity contribution is 5.95. The van der Waals surface area contributed by atoms with E-state index in [4.69, 9.17) is 4.74 Å². The van der Waals surface area contributed by atoms with E-state index in [-0.39, 0.29) is 5.82 Å². The third-order valence-electron chi connectivity index (χ3n) is 3.90. The monoisotopic (exact) mass is 282 g/mol. The summed E-state index contributed by atoms with van der Waals surface area (Å²) < 4.78 is 19.0. The molecule has 3 nitrogen and oxygen atoms in total. The Hall–Kier alpha value is -2.49. The lowest BCUT2D eigenvalue weighted by molar-refractivity contribution is 0.340. The fourth-order valence-electron chi connectivity index (χ4n) is 2.96. The summed E-state index contributed by atoms with van der Waals surface area (Å²) in [5.74, 6) is 0.649. The zero-order valence-electron chi connectivity index (χ0n) is 11.7. The van der Waals surface area contributed by atoms with Crippen molar-refractivity contribution in [2.45, 2.75) is 13.5 Å². The van der Waals surface area contributed by atoms with Crippen molar-refractivity contribution in [2.24, 2.45) is 0 Å². The van der Waals surface area contributed by atoms with E-state index in [0.29, 0.717) is 13.2 Å². The first-order valence-corrected chi connectivity index (χ1v) is 7.07. The summed E-state index contributed by atoms with van der Waals surface area (Å²) in [6.45, 7) is 3.30. The number of hydrogen-bond acceptors (Lipinski definition) is 2. The highest BCUT2D eigenvalue weighted by atomic mass is 19.1. The van der Waals surface area contributed by atoms with Gasteiger partial charge in [-0.15, -0.1) is 0 Å². The Morgan fingerprint density at radius 1 is 1.19 bits per heavy atom. The van der Waals surface area contributed by atoms with Crippen LogP contribution >= 0.6 is 0 Å². The van der Waals surface area contributed by atoms with Crippen molar-refractivity contribution in [1.29, 1.82) is 0 Å². The van der Waals surface area contributed by atoms with Gasteiger partial charge < -0.3 is 15.0 Å². The smallest absolute Gasteiger partial charge is 0.123 e. The molecule has 3 aromatic rings. The van der Waals surface area contributed by atoms with Gasteiger partial charge >= 0.3 is 0 Å². The van der Waals surface area contributed by atoms with Gasteiger partial charge in [0.25, 0.3) is 0 Å². The van der Waals surface area contributed by atoms with Crippen molar-refractivity contribution >= 4 is 16.6 Å². The minimum atomic E-state index is -0.207. The summed E-state index contributed by atoms with van der Waals surface area (Å²) in [6.07, 6.45) is 0. The number of rotatable bonds is 2. The molecule has 0 amide bonds. The standard InChI is InChI=1S/C17H15FN2O/c1-2-21-11-4-5-12-16(8-11)19-9-14-13-7-10(18)3-6-15(13)20-17(12)14/h3-8,19-20H,2,9H2,1H3. The first-order valence-electron chi connectivity index (χ1n) is 7.07. The second-order valence-corrected chi connectivity index (χ2v) is 5.16. The summed E-state index contributed by atoms with van der Waals surface area (Å²) in [5, 5.41) is 4.33. The fourth-order valence-corrected chi connectivity index (χ4v) is 2.96. The van der Waals surface area contributed by atoms with Gasteiger partial charge in [-0.25, -0.2) is 4.39 Å². The third kappa shape index (κ3) is 1.87. The van der Waals surface area contributed by atoms with Crippen molar-refractivity contribution in [3.63, 3.8) is 0 Å². The lowest BCUT2D eigenvalue weighted by Crippen LogP contribution is -2.08. The van der Waals surface area contributed by atoms with Gasteiger partial charge in [0, 0.05) is 40.3 Å². The maximum absolute atomic E-state index is 13.5. The van der Waals surface area contributed by atoms with E-state index in [1.165, 1.54) is 6.07 Å². The maximum Gasteiger partial charge on any atom is 0.123 e. The van der Waals surface area contributed by atoms with Gasteiger partial charge in [-0.05, 0) is 37.3 Å². The predicted molar refractivity (Wildman–Crippen MR) is 82.2 cm³/mol. The van der Waals surface area contributed by atoms with Gasteiger partial charge in [-0.3, -0.25) is 0 Å². The molecular formula is C17H15FN2O. The van der Waals surface area contributed by atoms with E-state index < -0.39 is 0 Å². The lowest BCUT2D eigenvalue weighted by atomic mass is 9.99. The first-order chi connectivity index (χ1) is 10.3. The number of hydrogen-bond donors (Lipinski definition) is 2. The van der Waals surface area contributed by atoms with Crippen LogP contribution in [0.4, 0.5) is 10.1 Å². The number of fused-ring (bicyclic) bond motifs is 5. The Kier molecular flexibility index (Phi) is 2.64. The molecule has 2 heterocycles. The minimum absolute atomic E-state index is 0.207. The van der Waals surface area contributed by atoms with Crippen LogP contribution in [0.2, 0.25) is 0 Å². The Bertz CT molecular complexity index is 838. The fraction of sp³-hybridized carbons (Fsp3) is 0.176. The molecule has 4 heteroatoms. The molecule has 21 heavy (non-hydrogen) atoms. The number of nitrogens with one attached hydrogen (secondary N) is 2. The molecule has 0 saturated carbocycles. The van der Waals surface area contributed by atoms with Crippen LogP contribution in [0.5, 0.6) is 5.75 Å². The molecule has 2 aromatic carbocycles. The molecule has 0 radical (unpaired) electrons. The van der Waals surface area contributed by atoms with Gasteiger partial charge in [-0.1, -0.05) is 0 Å². The maximum atomic E-state index is 13.5. The van der Waals surface area contributed by atoms with Gasteiger partial charge in [0.1, 0.15) is 11.6 Å². The lowest BCUT2D eigenvalue weighted by Gasteiger charge is -2.19. The zero-order valence-corrected chi connectivity index (χ0v) is 11.7. The molecular weight excluding hydrogens is 267 g/mol. The van der Waals surface area contributed by atoms with E-state index in [1.54, 1.807) is 12.1 Å². The second kappa shape index (κ2) is 4.52. The van der Waals surface area contributed by atoms with Crippen LogP contribution in [-0.4, -0.2) is 11.6 Å². The van der Waals surface area contributed by atoms with Crippen LogP contribution in [0, 0.1) is 5.82 Å². The molecule has 1 aliphatic rings. The molecule has 2 N–H and O–H groups in total. The summed E-state index contributed by atoms with van der Waals surface area (Å²) >= 11 is 0. The van der Waals surface area contributed by atoms with E-state index in [9.17, 15) is 4.39 Å². The topological polar surface area (TPSA) is 37.0 Å². The average Bonchev–Trinajstić information content (AvgIpc) is 2.85. The predicted octanol–water partition coefficient (Wildman–Crippen LogP) is 4.30. The molecule has 106 valence electrons. The van der Waals surface area contributed by atoms with Crippen LogP contribution < -0.4 is 10.1 Å². The van der Waals surface area contributed by atoms with Crippen molar-refractivity contribution in [2.75, 3.05) is 11.9 Å². The molecule has 4 rings (SSSR count). The van der Waals surface area contributed by atoms with Gasteiger partial charge in [0.2, 0.25) is 0 Å². The minimum Gasteiger partial charge on any atom is -0.494 e. The summed E-state index contributed by atoms with van der Waals surface area (Å²) in [6, 6.07) is 10.9. The summed E-state index contributed by atoms with van der Waals surface area (Å²) in [7, 11) is 0. The second-order valence-electron chi connectivity index (χ2n) is 5.16. The van der Waals surface area contributed by atoms with Crippen molar-refractivity contribution < 1.29 is 9.13 Å². The molecule has 1 aromatic heterocycles. The highest BCUT2D eigenvalue weighted by Gasteiger charge is 2.21. The Morgan fingerprint density at radius 2 is 2.10 bits per heavy atom. The van der Waals surface area contributed by atoms with Crippen LogP contribution in [0.1, 0.15) is 12.5 Å². The van der Waals surface area contributed by atoms with Gasteiger partial charge in [-0.2, -0.15) is 0 Å². The molecule has 0 aliphatic carbocycles. The van der Waals surface area contributed by atoms with Crippen molar-refractivity contribution in [3.05, 3.63) is 47.8 Å². The number of ether oxygens (including phenoxy) is 1. The van der Waals surface area contributed by atoms with E-state index in [1.807, 2.05) is 25.1 Å². The summed E-state index contributed by atoms with van der Waals surface area (Å²) in [5.41, 5.74) is 5.27. The van der Waals surface area contributed by atoms with Crippen molar-refractivity contribution in [3.8, 4) is 17.0 Å². The van der Waals surface area contributed by atoms with Crippen LogP contribution in [0.3, 0.4) is 0 Å². The largest absolute Gasteiger partial charge is 0.494 e.